The summed E-state index contributed by atoms with van der Waals surface area (Å²) >= 11 is 1.20. The van der Waals surface area contributed by atoms with Crippen LogP contribution in [0.3, 0.4) is 0 Å². The SMILES string of the molecule is C[C@@]1(c2cc(NC(=O)c3ccc(N)cn3)ccc2F)C=C(c2cnco2)SC(N)=N1. The lowest BCUT2D eigenvalue weighted by Crippen LogP contribution is -2.26. The summed E-state index contributed by atoms with van der Waals surface area (Å²) in [6, 6.07) is 7.33. The van der Waals surface area contributed by atoms with Gasteiger partial charge in [-0.3, -0.25) is 4.79 Å². The molecule has 3 heterocycles. The van der Waals surface area contributed by atoms with Crippen LogP contribution >= 0.6 is 11.8 Å². The Morgan fingerprint density at radius 2 is 2.07 bits per heavy atom. The Kier molecular flexibility index (Phi) is 5.00. The zero-order valence-corrected chi connectivity index (χ0v) is 16.6. The molecule has 1 aromatic carbocycles. The lowest BCUT2D eigenvalue weighted by atomic mass is 9.90. The van der Waals surface area contributed by atoms with E-state index in [9.17, 15) is 9.18 Å². The van der Waals surface area contributed by atoms with Gasteiger partial charge in [-0.1, -0.05) is 0 Å². The molecule has 0 radical (unpaired) electrons. The van der Waals surface area contributed by atoms with Crippen LogP contribution in [0.2, 0.25) is 0 Å². The molecule has 1 atom stereocenters. The molecule has 4 rings (SSSR count). The smallest absolute Gasteiger partial charge is 0.274 e. The average Bonchev–Trinajstić information content (AvgIpc) is 3.24. The number of nitrogens with zero attached hydrogens (tertiary/aromatic N) is 3. The molecular weight excluding hydrogens is 407 g/mol. The number of aromatic nitrogens is 2. The molecule has 3 aromatic rings. The second kappa shape index (κ2) is 7.64. The van der Waals surface area contributed by atoms with E-state index >= 15 is 0 Å². The van der Waals surface area contributed by atoms with E-state index in [1.54, 1.807) is 25.3 Å². The number of nitrogens with two attached hydrogens (primary N) is 2. The number of benzene rings is 1. The first-order valence-electron chi connectivity index (χ1n) is 8.82. The maximum atomic E-state index is 14.8. The van der Waals surface area contributed by atoms with Crippen molar-refractivity contribution in [3.05, 3.63) is 78.0 Å². The fourth-order valence-corrected chi connectivity index (χ4v) is 3.95. The van der Waals surface area contributed by atoms with Gasteiger partial charge in [0, 0.05) is 11.3 Å². The van der Waals surface area contributed by atoms with E-state index in [1.807, 2.05) is 0 Å². The molecule has 0 fully saturated rings. The summed E-state index contributed by atoms with van der Waals surface area (Å²) in [7, 11) is 0. The van der Waals surface area contributed by atoms with Gasteiger partial charge in [0.15, 0.2) is 17.3 Å². The predicted molar refractivity (Wildman–Crippen MR) is 114 cm³/mol. The number of carbonyl (C=O) groups is 1. The van der Waals surface area contributed by atoms with Crippen molar-refractivity contribution in [3.8, 4) is 0 Å². The van der Waals surface area contributed by atoms with Gasteiger partial charge in [-0.25, -0.2) is 19.4 Å². The minimum absolute atomic E-state index is 0.185. The highest BCUT2D eigenvalue weighted by Gasteiger charge is 2.33. The van der Waals surface area contributed by atoms with Crippen LogP contribution < -0.4 is 16.8 Å². The standard InChI is InChI=1S/C20H17FN6O2S/c1-20(7-17(30-19(23)27-20)16-9-24-10-29-16)13-6-12(3-4-14(13)21)26-18(28)15-5-2-11(22)8-25-15/h2-10H,22H2,1H3,(H2,23,27)(H,26,28)/t20-/m0/s1. The first-order valence-corrected chi connectivity index (χ1v) is 9.63. The summed E-state index contributed by atoms with van der Waals surface area (Å²) in [5.74, 6) is -0.432. The van der Waals surface area contributed by atoms with E-state index < -0.39 is 17.3 Å². The van der Waals surface area contributed by atoms with Crippen LogP contribution in [0.25, 0.3) is 4.91 Å². The van der Waals surface area contributed by atoms with Crippen LogP contribution in [-0.2, 0) is 5.54 Å². The molecule has 0 saturated carbocycles. The highest BCUT2D eigenvalue weighted by molar-refractivity contribution is 8.21. The Morgan fingerprint density at radius 3 is 2.77 bits per heavy atom. The van der Waals surface area contributed by atoms with E-state index in [-0.39, 0.29) is 16.4 Å². The number of carbonyl (C=O) groups excluding carboxylic acids is 1. The molecule has 0 bridgehead atoms. The second-order valence-corrected chi connectivity index (χ2v) is 7.76. The Labute approximate surface area is 175 Å². The zero-order valence-electron chi connectivity index (χ0n) is 15.8. The molecule has 0 spiro atoms. The topological polar surface area (TPSA) is 132 Å². The van der Waals surface area contributed by atoms with Crippen molar-refractivity contribution >= 4 is 39.1 Å². The van der Waals surface area contributed by atoms with Crippen molar-refractivity contribution in [2.45, 2.75) is 12.5 Å². The monoisotopic (exact) mass is 424 g/mol. The first kappa shape index (κ1) is 19.6. The number of pyridine rings is 1. The van der Waals surface area contributed by atoms with Gasteiger partial charge in [-0.05, 0) is 55.1 Å². The van der Waals surface area contributed by atoms with Gasteiger partial charge in [0.1, 0.15) is 17.1 Å². The summed E-state index contributed by atoms with van der Waals surface area (Å²) in [6.45, 7) is 1.72. The Hall–Kier alpha value is -3.66. The van der Waals surface area contributed by atoms with Crippen molar-refractivity contribution in [2.75, 3.05) is 11.1 Å². The van der Waals surface area contributed by atoms with Crippen LogP contribution in [0.15, 0.2) is 64.6 Å². The summed E-state index contributed by atoms with van der Waals surface area (Å²) in [4.78, 5) is 25.4. The second-order valence-electron chi connectivity index (χ2n) is 6.70. The zero-order chi connectivity index (χ0) is 21.3. The largest absolute Gasteiger partial charge is 0.443 e. The third kappa shape index (κ3) is 3.90. The highest BCUT2D eigenvalue weighted by Crippen LogP contribution is 2.41. The number of hydrogen-bond donors (Lipinski definition) is 3. The minimum Gasteiger partial charge on any atom is -0.443 e. The molecule has 0 unspecified atom stereocenters. The fraction of sp³-hybridized carbons (Fsp3) is 0.100. The molecule has 1 amide bonds. The van der Waals surface area contributed by atoms with E-state index in [2.05, 4.69) is 20.3 Å². The van der Waals surface area contributed by atoms with Crippen molar-refractivity contribution in [1.29, 1.82) is 0 Å². The highest BCUT2D eigenvalue weighted by atomic mass is 32.2. The molecule has 152 valence electrons. The average molecular weight is 424 g/mol. The summed E-state index contributed by atoms with van der Waals surface area (Å²) in [5, 5.41) is 2.96. The number of nitrogens with one attached hydrogen (secondary N) is 1. The maximum Gasteiger partial charge on any atom is 0.274 e. The van der Waals surface area contributed by atoms with Crippen molar-refractivity contribution in [3.63, 3.8) is 0 Å². The minimum atomic E-state index is -1.11. The van der Waals surface area contributed by atoms with Crippen LogP contribution in [0.1, 0.15) is 28.7 Å². The molecule has 8 nitrogen and oxygen atoms in total. The van der Waals surface area contributed by atoms with Crippen LogP contribution in [-0.4, -0.2) is 21.0 Å². The van der Waals surface area contributed by atoms with Gasteiger partial charge in [0.2, 0.25) is 0 Å². The summed E-state index contributed by atoms with van der Waals surface area (Å²) in [6.07, 6.45) is 5.99. The number of amides is 1. The van der Waals surface area contributed by atoms with Gasteiger partial charge >= 0.3 is 0 Å². The Bertz CT molecular complexity index is 1160. The fourth-order valence-electron chi connectivity index (χ4n) is 3.00. The van der Waals surface area contributed by atoms with Crippen molar-refractivity contribution < 1.29 is 13.6 Å². The van der Waals surface area contributed by atoms with E-state index in [0.717, 1.165) is 0 Å². The summed E-state index contributed by atoms with van der Waals surface area (Å²) in [5.41, 5.74) is 11.7. The van der Waals surface area contributed by atoms with E-state index in [4.69, 9.17) is 15.9 Å². The number of anilines is 2. The third-order valence-corrected chi connectivity index (χ3v) is 5.27. The molecule has 30 heavy (non-hydrogen) atoms. The molecule has 0 saturated heterocycles. The van der Waals surface area contributed by atoms with Gasteiger partial charge in [0.05, 0.1) is 23.0 Å². The molecule has 2 aromatic heterocycles. The molecule has 10 heteroatoms. The van der Waals surface area contributed by atoms with Gasteiger partial charge < -0.3 is 21.2 Å². The number of oxazole rings is 1. The summed E-state index contributed by atoms with van der Waals surface area (Å²) < 4.78 is 20.1. The first-order chi connectivity index (χ1) is 14.3. The number of thioether (sulfide) groups is 1. The van der Waals surface area contributed by atoms with Gasteiger partial charge in [0.25, 0.3) is 5.91 Å². The number of aliphatic imine (C=N–C) groups is 1. The Balaban J connectivity index is 1.68. The molecular formula is C20H17FN6O2S. The molecule has 0 aliphatic carbocycles. The number of nitrogen functional groups attached to an aromatic ring is 1. The van der Waals surface area contributed by atoms with Gasteiger partial charge in [-0.2, -0.15) is 0 Å². The lowest BCUT2D eigenvalue weighted by Gasteiger charge is -2.28. The number of amidine groups is 1. The van der Waals surface area contributed by atoms with E-state index in [1.165, 1.54) is 48.6 Å². The van der Waals surface area contributed by atoms with Crippen molar-refractivity contribution in [2.24, 2.45) is 10.7 Å². The lowest BCUT2D eigenvalue weighted by molar-refractivity contribution is 0.102. The molecule has 1 aliphatic rings. The predicted octanol–water partition coefficient (Wildman–Crippen LogP) is 3.36. The molecule has 1 aliphatic heterocycles. The Morgan fingerprint density at radius 1 is 1.23 bits per heavy atom. The normalized spacial score (nSPS) is 18.5. The van der Waals surface area contributed by atoms with Crippen LogP contribution in [0.5, 0.6) is 0 Å². The van der Waals surface area contributed by atoms with Crippen LogP contribution in [0.4, 0.5) is 15.8 Å². The molecule has 5 N–H and O–H groups in total. The van der Waals surface area contributed by atoms with Crippen LogP contribution in [0, 0.1) is 5.82 Å². The van der Waals surface area contributed by atoms with Crippen molar-refractivity contribution in [1.82, 2.24) is 9.97 Å². The van der Waals surface area contributed by atoms with E-state index in [0.29, 0.717) is 22.0 Å². The number of rotatable bonds is 4. The maximum absolute atomic E-state index is 14.8. The van der Waals surface area contributed by atoms with Gasteiger partial charge in [-0.15, -0.1) is 0 Å². The third-order valence-electron chi connectivity index (χ3n) is 4.43. The quantitative estimate of drug-likeness (QED) is 0.585. The number of halogens is 1. The number of hydrogen-bond acceptors (Lipinski definition) is 8.